The normalized spacial score (nSPS) is 10.4. The highest BCUT2D eigenvalue weighted by Crippen LogP contribution is 2.13. The summed E-state index contributed by atoms with van der Waals surface area (Å²) in [6.07, 6.45) is 0. The molecule has 6 heteroatoms. The van der Waals surface area contributed by atoms with Crippen molar-refractivity contribution in [3.05, 3.63) is 46.8 Å². The molecule has 0 unspecified atom stereocenters. The minimum Gasteiger partial charge on any atom is -0.478 e. The Bertz CT molecular complexity index is 687. The van der Waals surface area contributed by atoms with Gasteiger partial charge in [-0.25, -0.2) is 4.79 Å². The van der Waals surface area contributed by atoms with Gasteiger partial charge in [0.15, 0.2) is 0 Å². The molecule has 2 N–H and O–H groups in total. The second kappa shape index (κ2) is 5.78. The highest BCUT2D eigenvalue weighted by molar-refractivity contribution is 5.92. The number of carboxylic acids is 1. The predicted octanol–water partition coefficient (Wildman–Crippen LogP) is 2.15. The number of amides is 1. The van der Waals surface area contributed by atoms with Crippen molar-refractivity contribution in [3.8, 4) is 0 Å². The maximum atomic E-state index is 12.0. The standard InChI is InChI=1S/C15H17N3O3/c1-9-4-6-12(7-5-9)16-13(19)8-18-11(3)14(15(20)21)10(2)17-18/h4-7H,8H2,1-3H3,(H,16,19)(H,20,21). The molecule has 0 radical (unpaired) electrons. The zero-order valence-electron chi connectivity index (χ0n) is 12.2. The Hall–Kier alpha value is -2.63. The smallest absolute Gasteiger partial charge is 0.339 e. The third-order valence-electron chi connectivity index (χ3n) is 3.22. The van der Waals surface area contributed by atoms with Gasteiger partial charge in [-0.1, -0.05) is 17.7 Å². The second-order valence-corrected chi connectivity index (χ2v) is 4.92. The number of rotatable bonds is 4. The molecule has 6 nitrogen and oxygen atoms in total. The SMILES string of the molecule is Cc1ccc(NC(=O)Cn2nc(C)c(C(=O)O)c2C)cc1. The summed E-state index contributed by atoms with van der Waals surface area (Å²) < 4.78 is 1.41. The van der Waals surface area contributed by atoms with Crippen LogP contribution in [-0.2, 0) is 11.3 Å². The zero-order valence-corrected chi connectivity index (χ0v) is 12.2. The number of hydrogen-bond acceptors (Lipinski definition) is 3. The van der Waals surface area contributed by atoms with E-state index in [-0.39, 0.29) is 18.0 Å². The third kappa shape index (κ3) is 3.28. The van der Waals surface area contributed by atoms with Gasteiger partial charge < -0.3 is 10.4 Å². The number of aromatic nitrogens is 2. The lowest BCUT2D eigenvalue weighted by atomic mass is 10.2. The van der Waals surface area contributed by atoms with Crippen molar-refractivity contribution in [2.75, 3.05) is 5.32 Å². The summed E-state index contributed by atoms with van der Waals surface area (Å²) in [6, 6.07) is 7.44. The van der Waals surface area contributed by atoms with E-state index in [0.717, 1.165) is 5.56 Å². The van der Waals surface area contributed by atoms with Gasteiger partial charge in [-0.15, -0.1) is 0 Å². The lowest BCUT2D eigenvalue weighted by Crippen LogP contribution is -2.20. The monoisotopic (exact) mass is 287 g/mol. The average molecular weight is 287 g/mol. The number of nitrogens with zero attached hydrogens (tertiary/aromatic N) is 2. The van der Waals surface area contributed by atoms with Crippen molar-refractivity contribution in [1.29, 1.82) is 0 Å². The number of benzene rings is 1. The molecular formula is C15H17N3O3. The summed E-state index contributed by atoms with van der Waals surface area (Å²) in [5.41, 5.74) is 2.84. The molecule has 0 aliphatic carbocycles. The van der Waals surface area contributed by atoms with Gasteiger partial charge in [-0.05, 0) is 32.9 Å². The maximum Gasteiger partial charge on any atom is 0.339 e. The molecule has 2 rings (SSSR count). The fourth-order valence-corrected chi connectivity index (χ4v) is 2.13. The highest BCUT2D eigenvalue weighted by atomic mass is 16.4. The summed E-state index contributed by atoms with van der Waals surface area (Å²) in [5, 5.41) is 16.0. The molecule has 0 aliphatic heterocycles. The number of aryl methyl sites for hydroxylation is 2. The van der Waals surface area contributed by atoms with E-state index in [1.54, 1.807) is 13.8 Å². The fraction of sp³-hybridized carbons (Fsp3) is 0.267. The van der Waals surface area contributed by atoms with Crippen LogP contribution in [0.4, 0.5) is 5.69 Å². The van der Waals surface area contributed by atoms with E-state index in [4.69, 9.17) is 5.11 Å². The van der Waals surface area contributed by atoms with Crippen LogP contribution in [-0.4, -0.2) is 26.8 Å². The lowest BCUT2D eigenvalue weighted by Gasteiger charge is -2.07. The summed E-state index contributed by atoms with van der Waals surface area (Å²) >= 11 is 0. The van der Waals surface area contributed by atoms with E-state index in [1.165, 1.54) is 4.68 Å². The minimum absolute atomic E-state index is 0.0200. The Morgan fingerprint density at radius 2 is 1.81 bits per heavy atom. The van der Waals surface area contributed by atoms with Crippen LogP contribution in [0.25, 0.3) is 0 Å². The van der Waals surface area contributed by atoms with Crippen molar-refractivity contribution in [1.82, 2.24) is 9.78 Å². The van der Waals surface area contributed by atoms with Gasteiger partial charge >= 0.3 is 5.97 Å². The van der Waals surface area contributed by atoms with E-state index in [9.17, 15) is 9.59 Å². The topological polar surface area (TPSA) is 84.2 Å². The van der Waals surface area contributed by atoms with E-state index < -0.39 is 5.97 Å². The molecule has 110 valence electrons. The van der Waals surface area contributed by atoms with Crippen LogP contribution in [0.5, 0.6) is 0 Å². The zero-order chi connectivity index (χ0) is 15.6. The Morgan fingerprint density at radius 3 is 2.33 bits per heavy atom. The largest absolute Gasteiger partial charge is 0.478 e. The van der Waals surface area contributed by atoms with Crippen LogP contribution >= 0.6 is 0 Å². The number of aromatic carboxylic acids is 1. The first-order valence-electron chi connectivity index (χ1n) is 6.52. The Kier molecular flexibility index (Phi) is 4.07. The molecule has 0 spiro atoms. The van der Waals surface area contributed by atoms with Crippen molar-refractivity contribution in [2.45, 2.75) is 27.3 Å². The Balaban J connectivity index is 2.11. The second-order valence-electron chi connectivity index (χ2n) is 4.92. The third-order valence-corrected chi connectivity index (χ3v) is 3.22. The summed E-state index contributed by atoms with van der Waals surface area (Å²) in [7, 11) is 0. The van der Waals surface area contributed by atoms with Gasteiger partial charge in [0.05, 0.1) is 11.4 Å². The van der Waals surface area contributed by atoms with Gasteiger partial charge in [0.2, 0.25) is 5.91 Å². The molecule has 0 saturated heterocycles. The van der Waals surface area contributed by atoms with Crippen LogP contribution in [0.3, 0.4) is 0 Å². The van der Waals surface area contributed by atoms with Crippen molar-refractivity contribution in [3.63, 3.8) is 0 Å². The molecular weight excluding hydrogens is 270 g/mol. The van der Waals surface area contributed by atoms with Crippen LogP contribution in [0.1, 0.15) is 27.3 Å². The minimum atomic E-state index is -1.03. The number of carbonyl (C=O) groups excluding carboxylic acids is 1. The molecule has 1 aromatic carbocycles. The first-order valence-corrected chi connectivity index (χ1v) is 6.52. The van der Waals surface area contributed by atoms with Gasteiger partial charge in [0.25, 0.3) is 0 Å². The number of anilines is 1. The molecule has 0 atom stereocenters. The predicted molar refractivity (Wildman–Crippen MR) is 78.5 cm³/mol. The van der Waals surface area contributed by atoms with Gasteiger partial charge in [-0.3, -0.25) is 9.48 Å². The molecule has 1 heterocycles. The molecule has 1 amide bonds. The number of hydrogen-bond donors (Lipinski definition) is 2. The van der Waals surface area contributed by atoms with Crippen molar-refractivity contribution in [2.24, 2.45) is 0 Å². The fourth-order valence-electron chi connectivity index (χ4n) is 2.13. The summed E-state index contributed by atoms with van der Waals surface area (Å²) in [5.74, 6) is -1.28. The lowest BCUT2D eigenvalue weighted by molar-refractivity contribution is -0.116. The van der Waals surface area contributed by atoms with Crippen LogP contribution in [0.15, 0.2) is 24.3 Å². The molecule has 0 saturated carbocycles. The Labute approximate surface area is 122 Å². The molecule has 0 aliphatic rings. The van der Waals surface area contributed by atoms with Crippen LogP contribution in [0, 0.1) is 20.8 Å². The quantitative estimate of drug-likeness (QED) is 0.902. The van der Waals surface area contributed by atoms with Gasteiger partial charge in [-0.2, -0.15) is 5.10 Å². The van der Waals surface area contributed by atoms with Crippen LogP contribution in [0.2, 0.25) is 0 Å². The summed E-state index contributed by atoms with van der Waals surface area (Å²) in [4.78, 5) is 23.1. The number of carboxylic acid groups (broad SMARTS) is 1. The first-order chi connectivity index (χ1) is 9.88. The van der Waals surface area contributed by atoms with Crippen molar-refractivity contribution < 1.29 is 14.7 Å². The summed E-state index contributed by atoms with van der Waals surface area (Å²) in [6.45, 7) is 5.20. The molecule has 1 aromatic heterocycles. The number of carbonyl (C=O) groups is 2. The van der Waals surface area contributed by atoms with Crippen LogP contribution < -0.4 is 5.32 Å². The molecule has 0 bridgehead atoms. The van der Waals surface area contributed by atoms with Crippen molar-refractivity contribution >= 4 is 17.6 Å². The highest BCUT2D eigenvalue weighted by Gasteiger charge is 2.18. The van der Waals surface area contributed by atoms with Gasteiger partial charge in [0.1, 0.15) is 12.1 Å². The molecule has 21 heavy (non-hydrogen) atoms. The Morgan fingerprint density at radius 1 is 1.19 bits per heavy atom. The maximum absolute atomic E-state index is 12.0. The first kappa shape index (κ1) is 14.8. The number of nitrogens with one attached hydrogen (secondary N) is 1. The van der Waals surface area contributed by atoms with E-state index in [0.29, 0.717) is 17.1 Å². The van der Waals surface area contributed by atoms with E-state index in [2.05, 4.69) is 10.4 Å². The van der Waals surface area contributed by atoms with E-state index >= 15 is 0 Å². The average Bonchev–Trinajstić information content (AvgIpc) is 2.67. The van der Waals surface area contributed by atoms with Gasteiger partial charge in [0, 0.05) is 5.69 Å². The molecule has 2 aromatic rings. The van der Waals surface area contributed by atoms with E-state index in [1.807, 2.05) is 31.2 Å². The molecule has 0 fully saturated rings.